The van der Waals surface area contributed by atoms with Crippen LogP contribution in [-0.2, 0) is 4.74 Å². The van der Waals surface area contributed by atoms with Crippen LogP contribution in [0.1, 0.15) is 52.9 Å². The van der Waals surface area contributed by atoms with Gasteiger partial charge in [-0.3, -0.25) is 0 Å². The van der Waals surface area contributed by atoms with E-state index >= 15 is 0 Å². The normalized spacial score (nSPS) is 29.4. The summed E-state index contributed by atoms with van der Waals surface area (Å²) in [4.78, 5) is 0. The Morgan fingerprint density at radius 1 is 1.20 bits per heavy atom. The van der Waals surface area contributed by atoms with Gasteiger partial charge in [-0.15, -0.1) is 0 Å². The molecule has 1 aliphatic rings. The van der Waals surface area contributed by atoms with Crippen molar-refractivity contribution in [2.24, 2.45) is 5.92 Å². The Labute approximate surface area is 94.8 Å². The molecule has 0 spiro atoms. The largest absolute Gasteiger partial charge is 0.374 e. The van der Waals surface area contributed by atoms with Crippen molar-refractivity contribution < 1.29 is 4.74 Å². The number of hydrogen-bond acceptors (Lipinski definition) is 2. The quantitative estimate of drug-likeness (QED) is 0.758. The van der Waals surface area contributed by atoms with Crippen molar-refractivity contribution in [2.75, 3.05) is 7.05 Å². The molecule has 2 nitrogen and oxygen atoms in total. The molecule has 0 aromatic carbocycles. The van der Waals surface area contributed by atoms with Crippen molar-refractivity contribution in [3.8, 4) is 0 Å². The van der Waals surface area contributed by atoms with Gasteiger partial charge in [0, 0.05) is 6.04 Å². The second-order valence-electron chi connectivity index (χ2n) is 5.29. The lowest BCUT2D eigenvalue weighted by Crippen LogP contribution is -2.43. The van der Waals surface area contributed by atoms with Gasteiger partial charge in [0.1, 0.15) is 0 Å². The fourth-order valence-electron chi connectivity index (χ4n) is 2.61. The monoisotopic (exact) mass is 213 g/mol. The maximum atomic E-state index is 6.14. The zero-order valence-electron chi connectivity index (χ0n) is 10.8. The average Bonchev–Trinajstić information content (AvgIpc) is 2.17. The van der Waals surface area contributed by atoms with Crippen LogP contribution in [0.3, 0.4) is 0 Å². The number of likely N-dealkylation sites (N-methyl/N-ethyl adjacent to an activating group) is 1. The van der Waals surface area contributed by atoms with Gasteiger partial charge in [0.15, 0.2) is 0 Å². The second-order valence-corrected chi connectivity index (χ2v) is 5.29. The summed E-state index contributed by atoms with van der Waals surface area (Å²) in [5.41, 5.74) is 0. The van der Waals surface area contributed by atoms with Crippen molar-refractivity contribution in [3.63, 3.8) is 0 Å². The molecule has 1 fully saturated rings. The van der Waals surface area contributed by atoms with E-state index in [0.717, 1.165) is 5.92 Å². The smallest absolute Gasteiger partial charge is 0.0731 e. The van der Waals surface area contributed by atoms with Crippen molar-refractivity contribution in [3.05, 3.63) is 0 Å². The van der Waals surface area contributed by atoms with E-state index in [1.54, 1.807) is 0 Å². The summed E-state index contributed by atoms with van der Waals surface area (Å²) in [7, 11) is 2.06. The van der Waals surface area contributed by atoms with Gasteiger partial charge < -0.3 is 10.1 Å². The third-order valence-corrected chi connectivity index (χ3v) is 3.28. The lowest BCUT2D eigenvalue weighted by Gasteiger charge is -2.33. The fraction of sp³-hybridized carbons (Fsp3) is 1.00. The van der Waals surface area contributed by atoms with Gasteiger partial charge in [-0.05, 0) is 39.2 Å². The predicted molar refractivity (Wildman–Crippen MR) is 65.1 cm³/mol. The standard InChI is InChI=1S/C13H27NO/c1-10(2)9-11(3)15-13-8-6-5-7-12(13)14-4/h10-14H,5-9H2,1-4H3. The molecule has 0 aliphatic heterocycles. The number of ether oxygens (including phenoxy) is 1. The maximum Gasteiger partial charge on any atom is 0.0731 e. The van der Waals surface area contributed by atoms with Crippen LogP contribution in [-0.4, -0.2) is 25.3 Å². The highest BCUT2D eigenvalue weighted by atomic mass is 16.5. The minimum atomic E-state index is 0.406. The molecular weight excluding hydrogens is 186 g/mol. The highest BCUT2D eigenvalue weighted by Gasteiger charge is 2.25. The first-order valence-electron chi connectivity index (χ1n) is 6.46. The second kappa shape index (κ2) is 6.49. The average molecular weight is 213 g/mol. The van der Waals surface area contributed by atoms with Crippen molar-refractivity contribution >= 4 is 0 Å². The van der Waals surface area contributed by atoms with E-state index in [0.29, 0.717) is 18.2 Å². The van der Waals surface area contributed by atoms with Gasteiger partial charge in [-0.25, -0.2) is 0 Å². The highest BCUT2D eigenvalue weighted by Crippen LogP contribution is 2.23. The molecule has 3 atom stereocenters. The van der Waals surface area contributed by atoms with Gasteiger partial charge in [-0.2, -0.15) is 0 Å². The van der Waals surface area contributed by atoms with Crippen molar-refractivity contribution in [1.29, 1.82) is 0 Å². The first-order chi connectivity index (χ1) is 7.13. The van der Waals surface area contributed by atoms with E-state index in [1.807, 2.05) is 0 Å². The van der Waals surface area contributed by atoms with Gasteiger partial charge in [0.2, 0.25) is 0 Å². The molecule has 0 aromatic heterocycles. The minimum absolute atomic E-state index is 0.406. The molecule has 1 rings (SSSR count). The number of hydrogen-bond donors (Lipinski definition) is 1. The van der Waals surface area contributed by atoms with Crippen LogP contribution in [0.5, 0.6) is 0 Å². The van der Waals surface area contributed by atoms with Gasteiger partial charge in [0.05, 0.1) is 12.2 Å². The summed E-state index contributed by atoms with van der Waals surface area (Å²) in [5, 5.41) is 3.39. The van der Waals surface area contributed by atoms with Crippen LogP contribution in [0, 0.1) is 5.92 Å². The molecule has 0 amide bonds. The molecule has 1 N–H and O–H groups in total. The molecule has 0 heterocycles. The zero-order valence-corrected chi connectivity index (χ0v) is 10.8. The van der Waals surface area contributed by atoms with Crippen LogP contribution in [0.4, 0.5) is 0 Å². The third kappa shape index (κ3) is 4.52. The predicted octanol–water partition coefficient (Wildman–Crippen LogP) is 2.97. The van der Waals surface area contributed by atoms with E-state index in [4.69, 9.17) is 4.74 Å². The summed E-state index contributed by atoms with van der Waals surface area (Å²) in [6.07, 6.45) is 7.21. The summed E-state index contributed by atoms with van der Waals surface area (Å²) in [6, 6.07) is 0.577. The third-order valence-electron chi connectivity index (χ3n) is 3.28. The fourth-order valence-corrected chi connectivity index (χ4v) is 2.61. The van der Waals surface area contributed by atoms with Crippen LogP contribution in [0.2, 0.25) is 0 Å². The highest BCUT2D eigenvalue weighted by molar-refractivity contribution is 4.81. The van der Waals surface area contributed by atoms with Crippen molar-refractivity contribution in [2.45, 2.75) is 71.1 Å². The van der Waals surface area contributed by atoms with Crippen LogP contribution >= 0.6 is 0 Å². The Balaban J connectivity index is 2.33. The number of nitrogens with one attached hydrogen (secondary N) is 1. The van der Waals surface area contributed by atoms with Crippen molar-refractivity contribution in [1.82, 2.24) is 5.32 Å². The first kappa shape index (κ1) is 13.0. The van der Waals surface area contributed by atoms with E-state index in [2.05, 4.69) is 33.1 Å². The SMILES string of the molecule is CNC1CCCCC1OC(C)CC(C)C. The molecule has 0 aromatic rings. The molecule has 0 saturated heterocycles. The lowest BCUT2D eigenvalue weighted by atomic mass is 9.92. The van der Waals surface area contributed by atoms with E-state index in [9.17, 15) is 0 Å². The zero-order chi connectivity index (χ0) is 11.3. The Morgan fingerprint density at radius 3 is 2.47 bits per heavy atom. The lowest BCUT2D eigenvalue weighted by molar-refractivity contribution is -0.0446. The summed E-state index contributed by atoms with van der Waals surface area (Å²) in [6.45, 7) is 6.73. The summed E-state index contributed by atoms with van der Waals surface area (Å²) >= 11 is 0. The molecule has 3 unspecified atom stereocenters. The molecule has 0 radical (unpaired) electrons. The Hall–Kier alpha value is -0.0800. The summed E-state index contributed by atoms with van der Waals surface area (Å²) in [5.74, 6) is 0.733. The number of rotatable bonds is 5. The van der Waals surface area contributed by atoms with Gasteiger partial charge in [0.25, 0.3) is 0 Å². The molecule has 0 bridgehead atoms. The van der Waals surface area contributed by atoms with E-state index in [-0.39, 0.29) is 0 Å². The summed E-state index contributed by atoms with van der Waals surface area (Å²) < 4.78 is 6.14. The topological polar surface area (TPSA) is 21.3 Å². The molecule has 15 heavy (non-hydrogen) atoms. The molecule has 90 valence electrons. The first-order valence-corrected chi connectivity index (χ1v) is 6.46. The van der Waals surface area contributed by atoms with Gasteiger partial charge in [-0.1, -0.05) is 26.7 Å². The van der Waals surface area contributed by atoms with E-state index < -0.39 is 0 Å². The molecular formula is C13H27NO. The maximum absolute atomic E-state index is 6.14. The Bertz CT molecular complexity index is 170. The molecule has 2 heteroatoms. The Morgan fingerprint density at radius 2 is 1.87 bits per heavy atom. The molecule has 1 aliphatic carbocycles. The minimum Gasteiger partial charge on any atom is -0.374 e. The molecule has 1 saturated carbocycles. The van der Waals surface area contributed by atoms with Crippen LogP contribution in [0.15, 0.2) is 0 Å². The van der Waals surface area contributed by atoms with Gasteiger partial charge >= 0.3 is 0 Å². The van der Waals surface area contributed by atoms with E-state index in [1.165, 1.54) is 32.1 Å². The van der Waals surface area contributed by atoms with Crippen LogP contribution in [0.25, 0.3) is 0 Å². The van der Waals surface area contributed by atoms with Crippen LogP contribution < -0.4 is 5.32 Å². The Kier molecular flexibility index (Phi) is 5.62.